The number of benzene rings is 3. The van der Waals surface area contributed by atoms with E-state index >= 15 is 0 Å². The van der Waals surface area contributed by atoms with Crippen molar-refractivity contribution in [1.82, 2.24) is 0 Å². The van der Waals surface area contributed by atoms with Crippen LogP contribution in [0.25, 0.3) is 11.1 Å². The first kappa shape index (κ1) is 26.8. The summed E-state index contributed by atoms with van der Waals surface area (Å²) in [6.07, 6.45) is 0. The molecular weight excluding hydrogens is 490 g/mol. The average Bonchev–Trinajstić information content (AvgIpc) is 2.81. The first-order valence-corrected chi connectivity index (χ1v) is 11.6. The summed E-state index contributed by atoms with van der Waals surface area (Å²) in [5.74, 6) is -4.36. The average molecular weight is 515 g/mol. The molecule has 3 aromatic rings. The molecule has 3 rings (SSSR count). The maximum absolute atomic E-state index is 14.4. The van der Waals surface area contributed by atoms with Crippen LogP contribution in [-0.4, -0.2) is 35.8 Å². The molecule has 9 heteroatoms. The SMILES string of the molecule is CC(C)(C)OC(=O)CN(C(=O)c1c(F)cccc1F)c1cccc(-c2ccc(NC(=O)CCl)cc2)c1. The van der Waals surface area contributed by atoms with Crippen LogP contribution in [0.2, 0.25) is 0 Å². The van der Waals surface area contributed by atoms with Gasteiger partial charge in [-0.3, -0.25) is 19.3 Å². The normalized spacial score (nSPS) is 11.1. The predicted octanol–water partition coefficient (Wildman–Crippen LogP) is 5.80. The molecule has 0 heterocycles. The van der Waals surface area contributed by atoms with Gasteiger partial charge in [0.1, 0.15) is 35.2 Å². The minimum Gasteiger partial charge on any atom is -0.459 e. The summed E-state index contributed by atoms with van der Waals surface area (Å²) in [6.45, 7) is 4.46. The quantitative estimate of drug-likeness (QED) is 0.319. The van der Waals surface area contributed by atoms with Gasteiger partial charge in [0.15, 0.2) is 0 Å². The second kappa shape index (κ2) is 11.3. The fourth-order valence-electron chi connectivity index (χ4n) is 3.41. The number of ether oxygens (including phenoxy) is 1. The van der Waals surface area contributed by atoms with E-state index in [4.69, 9.17) is 16.3 Å². The molecule has 0 radical (unpaired) electrons. The fourth-order valence-corrected chi connectivity index (χ4v) is 3.48. The summed E-state index contributed by atoms with van der Waals surface area (Å²) >= 11 is 5.51. The second-order valence-corrected chi connectivity index (χ2v) is 9.15. The van der Waals surface area contributed by atoms with Crippen LogP contribution >= 0.6 is 11.6 Å². The molecule has 0 saturated carbocycles. The molecule has 0 aliphatic rings. The van der Waals surface area contributed by atoms with E-state index in [0.717, 1.165) is 28.7 Å². The Balaban J connectivity index is 1.98. The van der Waals surface area contributed by atoms with E-state index in [9.17, 15) is 23.2 Å². The topological polar surface area (TPSA) is 75.7 Å². The minimum absolute atomic E-state index is 0.173. The smallest absolute Gasteiger partial charge is 0.326 e. The lowest BCUT2D eigenvalue weighted by molar-refractivity contribution is -0.152. The molecule has 0 aliphatic heterocycles. The summed E-state index contributed by atoms with van der Waals surface area (Å²) in [4.78, 5) is 38.4. The number of alkyl halides is 1. The van der Waals surface area contributed by atoms with Crippen molar-refractivity contribution in [2.24, 2.45) is 0 Å². The van der Waals surface area contributed by atoms with Gasteiger partial charge in [-0.1, -0.05) is 30.3 Å². The van der Waals surface area contributed by atoms with Crippen LogP contribution in [0.1, 0.15) is 31.1 Å². The Hall–Kier alpha value is -3.78. The van der Waals surface area contributed by atoms with Gasteiger partial charge in [-0.2, -0.15) is 0 Å². The highest BCUT2D eigenvalue weighted by atomic mass is 35.5. The van der Waals surface area contributed by atoms with Gasteiger partial charge in [0.25, 0.3) is 5.91 Å². The summed E-state index contributed by atoms with van der Waals surface area (Å²) in [5, 5.41) is 2.64. The van der Waals surface area contributed by atoms with Crippen LogP contribution < -0.4 is 10.2 Å². The van der Waals surface area contributed by atoms with Crippen molar-refractivity contribution < 1.29 is 27.9 Å². The Kier molecular flexibility index (Phi) is 8.42. The summed E-state index contributed by atoms with van der Waals surface area (Å²) in [7, 11) is 0. The molecule has 0 saturated heterocycles. The molecule has 6 nitrogen and oxygen atoms in total. The van der Waals surface area contributed by atoms with Gasteiger partial charge >= 0.3 is 5.97 Å². The number of nitrogens with zero attached hydrogens (tertiary/aromatic N) is 1. The standard InChI is InChI=1S/C27H25ClF2N2O4/c1-27(2,3)36-24(34)16-32(26(35)25-21(29)8-5-9-22(25)30)20-7-4-6-18(14-20)17-10-12-19(13-11-17)31-23(33)15-28/h4-14H,15-16H2,1-3H3,(H,31,33). The molecule has 188 valence electrons. The van der Waals surface area contributed by atoms with Crippen molar-refractivity contribution in [3.8, 4) is 11.1 Å². The maximum atomic E-state index is 14.4. The number of hydrogen-bond acceptors (Lipinski definition) is 4. The van der Waals surface area contributed by atoms with Gasteiger partial charge in [-0.05, 0) is 68.3 Å². The van der Waals surface area contributed by atoms with Gasteiger partial charge < -0.3 is 10.1 Å². The van der Waals surface area contributed by atoms with E-state index in [2.05, 4.69) is 5.32 Å². The molecule has 0 spiro atoms. The number of rotatable bonds is 7. The third kappa shape index (κ3) is 6.88. The number of halogens is 3. The summed E-state index contributed by atoms with van der Waals surface area (Å²) in [6, 6.07) is 16.6. The molecule has 0 unspecified atom stereocenters. The highest BCUT2D eigenvalue weighted by Crippen LogP contribution is 2.28. The lowest BCUT2D eigenvalue weighted by Gasteiger charge is -2.26. The molecule has 0 aromatic heterocycles. The molecule has 0 atom stereocenters. The number of carbonyl (C=O) groups is 3. The first-order valence-electron chi connectivity index (χ1n) is 11.0. The number of nitrogens with one attached hydrogen (secondary N) is 1. The second-order valence-electron chi connectivity index (χ2n) is 8.88. The van der Waals surface area contributed by atoms with Crippen LogP contribution in [0.4, 0.5) is 20.2 Å². The third-order valence-corrected chi connectivity index (χ3v) is 5.15. The van der Waals surface area contributed by atoms with Gasteiger partial charge in [0.2, 0.25) is 5.91 Å². The van der Waals surface area contributed by atoms with Crippen LogP contribution in [0.5, 0.6) is 0 Å². The maximum Gasteiger partial charge on any atom is 0.326 e. The van der Waals surface area contributed by atoms with E-state index in [0.29, 0.717) is 11.3 Å². The zero-order valence-corrected chi connectivity index (χ0v) is 20.7. The Morgan fingerprint density at radius 1 is 0.917 bits per heavy atom. The van der Waals surface area contributed by atoms with Crippen molar-refractivity contribution in [3.63, 3.8) is 0 Å². The molecule has 0 aliphatic carbocycles. The van der Waals surface area contributed by atoms with Crippen molar-refractivity contribution in [2.75, 3.05) is 22.6 Å². The van der Waals surface area contributed by atoms with Gasteiger partial charge in [0.05, 0.1) is 0 Å². The van der Waals surface area contributed by atoms with E-state index in [1.54, 1.807) is 69.3 Å². The summed E-state index contributed by atoms with van der Waals surface area (Å²) in [5.41, 5.74) is 0.604. The summed E-state index contributed by atoms with van der Waals surface area (Å²) < 4.78 is 34.2. The molecule has 36 heavy (non-hydrogen) atoms. The lowest BCUT2D eigenvalue weighted by atomic mass is 10.0. The minimum atomic E-state index is -1.04. The van der Waals surface area contributed by atoms with Crippen molar-refractivity contribution in [3.05, 3.63) is 83.9 Å². The molecule has 2 amide bonds. The van der Waals surface area contributed by atoms with E-state index in [1.807, 2.05) is 0 Å². The molecule has 0 fully saturated rings. The lowest BCUT2D eigenvalue weighted by Crippen LogP contribution is -2.39. The predicted molar refractivity (Wildman–Crippen MR) is 135 cm³/mol. The number of hydrogen-bond donors (Lipinski definition) is 1. The zero-order chi connectivity index (χ0) is 26.5. The molecular formula is C27H25ClF2N2O4. The van der Waals surface area contributed by atoms with E-state index in [-0.39, 0.29) is 17.5 Å². The Labute approximate surface area is 212 Å². The molecule has 0 bridgehead atoms. The number of anilines is 2. The monoisotopic (exact) mass is 514 g/mol. The van der Waals surface area contributed by atoms with Crippen molar-refractivity contribution in [1.29, 1.82) is 0 Å². The van der Waals surface area contributed by atoms with Crippen LogP contribution in [0.15, 0.2) is 66.7 Å². The largest absolute Gasteiger partial charge is 0.459 e. The number of carbonyl (C=O) groups excluding carboxylic acids is 3. The molecule has 1 N–H and O–H groups in total. The fraction of sp³-hybridized carbons (Fsp3) is 0.222. The van der Waals surface area contributed by atoms with Crippen LogP contribution in [0, 0.1) is 11.6 Å². The Morgan fingerprint density at radius 2 is 1.53 bits per heavy atom. The molecule has 3 aromatic carbocycles. The zero-order valence-electron chi connectivity index (χ0n) is 20.0. The van der Waals surface area contributed by atoms with E-state index in [1.165, 1.54) is 0 Å². The first-order chi connectivity index (χ1) is 17.0. The number of amides is 2. The third-order valence-electron chi connectivity index (χ3n) is 4.91. The van der Waals surface area contributed by atoms with Gasteiger partial charge in [-0.15, -0.1) is 11.6 Å². The van der Waals surface area contributed by atoms with E-state index < -0.39 is 41.2 Å². The van der Waals surface area contributed by atoms with Gasteiger partial charge in [-0.25, -0.2) is 8.78 Å². The van der Waals surface area contributed by atoms with Crippen molar-refractivity contribution >= 4 is 40.8 Å². The Morgan fingerprint density at radius 3 is 2.11 bits per heavy atom. The number of esters is 1. The van der Waals surface area contributed by atoms with Crippen molar-refractivity contribution in [2.45, 2.75) is 26.4 Å². The highest BCUT2D eigenvalue weighted by Gasteiger charge is 2.28. The van der Waals surface area contributed by atoms with Crippen LogP contribution in [0.3, 0.4) is 0 Å². The van der Waals surface area contributed by atoms with Crippen LogP contribution in [-0.2, 0) is 14.3 Å². The van der Waals surface area contributed by atoms with Gasteiger partial charge in [0, 0.05) is 11.4 Å². The highest BCUT2D eigenvalue weighted by molar-refractivity contribution is 6.29. The Bertz CT molecular complexity index is 1250.